The van der Waals surface area contributed by atoms with Gasteiger partial charge in [-0.3, -0.25) is 4.79 Å². The van der Waals surface area contributed by atoms with Crippen molar-refractivity contribution in [3.63, 3.8) is 0 Å². The zero-order valence-corrected chi connectivity index (χ0v) is 11.4. The van der Waals surface area contributed by atoms with Crippen LogP contribution < -0.4 is 5.32 Å². The lowest BCUT2D eigenvalue weighted by molar-refractivity contribution is -0.133. The molecule has 0 spiro atoms. The lowest BCUT2D eigenvalue weighted by Crippen LogP contribution is -2.47. The summed E-state index contributed by atoms with van der Waals surface area (Å²) in [5.74, 6) is 0.214. The van der Waals surface area contributed by atoms with E-state index in [1.165, 1.54) is 6.42 Å². The fourth-order valence-corrected chi connectivity index (χ4v) is 2.13. The molecule has 106 valence electrons. The quantitative estimate of drug-likeness (QED) is 0.618. The Morgan fingerprint density at radius 3 is 2.72 bits per heavy atom. The summed E-state index contributed by atoms with van der Waals surface area (Å²) >= 11 is 0. The Bertz CT molecular complexity index is 230. The van der Waals surface area contributed by atoms with Gasteiger partial charge in [0.2, 0.25) is 5.91 Å². The first kappa shape index (κ1) is 15.4. The summed E-state index contributed by atoms with van der Waals surface area (Å²) in [5.41, 5.74) is 0. The van der Waals surface area contributed by atoms with E-state index in [1.54, 1.807) is 0 Å². The zero-order chi connectivity index (χ0) is 13.2. The maximum atomic E-state index is 12.1. The number of carbonyl (C=O) groups excluding carboxylic acids is 1. The van der Waals surface area contributed by atoms with Gasteiger partial charge in [-0.15, -0.1) is 0 Å². The molecule has 1 aliphatic heterocycles. The van der Waals surface area contributed by atoms with Gasteiger partial charge in [-0.05, 0) is 39.2 Å². The van der Waals surface area contributed by atoms with Crippen molar-refractivity contribution < 1.29 is 14.6 Å². The molecule has 1 saturated heterocycles. The molecular formula is C13H26N2O3. The van der Waals surface area contributed by atoms with Crippen LogP contribution in [0.1, 0.15) is 32.6 Å². The average molecular weight is 258 g/mol. The highest BCUT2D eigenvalue weighted by atomic mass is 16.5. The molecule has 1 unspecified atom stereocenters. The standard InChI is InChI=1S/C13H26N2O3/c1-12(14-6-5-10-18-11-9-16)13(17)15-7-3-2-4-8-15/h12,14,16H,2-11H2,1H3. The van der Waals surface area contributed by atoms with Crippen molar-refractivity contribution in [3.8, 4) is 0 Å². The summed E-state index contributed by atoms with van der Waals surface area (Å²) < 4.78 is 5.16. The molecule has 1 amide bonds. The van der Waals surface area contributed by atoms with Crippen molar-refractivity contribution >= 4 is 5.91 Å². The van der Waals surface area contributed by atoms with Crippen LogP contribution in [0.5, 0.6) is 0 Å². The highest BCUT2D eigenvalue weighted by molar-refractivity contribution is 5.81. The number of rotatable bonds is 8. The zero-order valence-electron chi connectivity index (χ0n) is 11.4. The number of nitrogens with one attached hydrogen (secondary N) is 1. The molecule has 18 heavy (non-hydrogen) atoms. The van der Waals surface area contributed by atoms with E-state index in [4.69, 9.17) is 9.84 Å². The van der Waals surface area contributed by atoms with Gasteiger partial charge in [-0.1, -0.05) is 0 Å². The molecule has 5 nitrogen and oxygen atoms in total. The van der Waals surface area contributed by atoms with E-state index in [1.807, 2.05) is 11.8 Å². The highest BCUT2D eigenvalue weighted by Crippen LogP contribution is 2.09. The summed E-state index contributed by atoms with van der Waals surface area (Å²) in [4.78, 5) is 14.0. The van der Waals surface area contributed by atoms with E-state index in [-0.39, 0.29) is 18.6 Å². The summed E-state index contributed by atoms with van der Waals surface area (Å²) in [6, 6.07) is -0.110. The lowest BCUT2D eigenvalue weighted by atomic mass is 10.1. The molecule has 0 aromatic carbocycles. The van der Waals surface area contributed by atoms with Gasteiger partial charge in [0.1, 0.15) is 0 Å². The van der Waals surface area contributed by atoms with Crippen molar-refractivity contribution in [1.82, 2.24) is 10.2 Å². The molecule has 0 radical (unpaired) electrons. The van der Waals surface area contributed by atoms with E-state index < -0.39 is 0 Å². The molecule has 1 atom stereocenters. The number of aliphatic hydroxyl groups is 1. The molecule has 1 fully saturated rings. The van der Waals surface area contributed by atoms with Crippen molar-refractivity contribution in [3.05, 3.63) is 0 Å². The van der Waals surface area contributed by atoms with Gasteiger partial charge in [-0.2, -0.15) is 0 Å². The van der Waals surface area contributed by atoms with Crippen LogP contribution in [0, 0.1) is 0 Å². The molecule has 0 aromatic rings. The van der Waals surface area contributed by atoms with Gasteiger partial charge in [-0.25, -0.2) is 0 Å². The maximum absolute atomic E-state index is 12.1. The Hall–Kier alpha value is -0.650. The average Bonchev–Trinajstić information content (AvgIpc) is 2.42. The first-order valence-electron chi connectivity index (χ1n) is 6.96. The Balaban J connectivity index is 2.07. The smallest absolute Gasteiger partial charge is 0.239 e. The normalized spacial score (nSPS) is 17.8. The predicted octanol–water partition coefficient (Wildman–Crippen LogP) is 0.376. The number of carbonyl (C=O) groups is 1. The van der Waals surface area contributed by atoms with Gasteiger partial charge in [0.15, 0.2) is 0 Å². The molecular weight excluding hydrogens is 232 g/mol. The van der Waals surface area contributed by atoms with Crippen molar-refractivity contribution in [2.24, 2.45) is 0 Å². The Kier molecular flexibility index (Phi) is 7.96. The van der Waals surface area contributed by atoms with Crippen LogP contribution in [-0.2, 0) is 9.53 Å². The fourth-order valence-electron chi connectivity index (χ4n) is 2.13. The largest absolute Gasteiger partial charge is 0.394 e. The second-order valence-electron chi connectivity index (χ2n) is 4.75. The van der Waals surface area contributed by atoms with E-state index in [0.717, 1.165) is 38.9 Å². The van der Waals surface area contributed by atoms with Crippen LogP contribution in [0.15, 0.2) is 0 Å². The first-order valence-corrected chi connectivity index (χ1v) is 6.96. The van der Waals surface area contributed by atoms with E-state index >= 15 is 0 Å². The van der Waals surface area contributed by atoms with Crippen molar-refractivity contribution in [2.45, 2.75) is 38.6 Å². The van der Waals surface area contributed by atoms with Crippen LogP contribution in [0.3, 0.4) is 0 Å². The minimum absolute atomic E-state index is 0.0667. The summed E-state index contributed by atoms with van der Waals surface area (Å²) in [5, 5.41) is 11.8. The van der Waals surface area contributed by atoms with Crippen LogP contribution in [0.2, 0.25) is 0 Å². The number of aliphatic hydroxyl groups excluding tert-OH is 1. The Morgan fingerprint density at radius 2 is 2.06 bits per heavy atom. The molecule has 0 saturated carbocycles. The Labute approximate surface area is 109 Å². The highest BCUT2D eigenvalue weighted by Gasteiger charge is 2.21. The number of nitrogens with zero attached hydrogens (tertiary/aromatic N) is 1. The van der Waals surface area contributed by atoms with E-state index in [2.05, 4.69) is 5.32 Å². The SMILES string of the molecule is CC(NCCCOCCO)C(=O)N1CCCCC1. The van der Waals surface area contributed by atoms with Gasteiger partial charge in [0, 0.05) is 19.7 Å². The molecule has 1 rings (SSSR count). The molecule has 1 heterocycles. The van der Waals surface area contributed by atoms with Crippen LogP contribution >= 0.6 is 0 Å². The second kappa shape index (κ2) is 9.30. The molecule has 2 N–H and O–H groups in total. The summed E-state index contributed by atoms with van der Waals surface area (Å²) in [6.45, 7) is 5.59. The lowest BCUT2D eigenvalue weighted by Gasteiger charge is -2.29. The number of ether oxygens (including phenoxy) is 1. The molecule has 0 aromatic heterocycles. The third kappa shape index (κ3) is 5.80. The number of piperidine rings is 1. The first-order chi connectivity index (χ1) is 8.75. The van der Waals surface area contributed by atoms with Gasteiger partial charge < -0.3 is 20.1 Å². The minimum Gasteiger partial charge on any atom is -0.394 e. The van der Waals surface area contributed by atoms with E-state index in [9.17, 15) is 4.79 Å². The van der Waals surface area contributed by atoms with Gasteiger partial charge >= 0.3 is 0 Å². The monoisotopic (exact) mass is 258 g/mol. The van der Waals surface area contributed by atoms with Gasteiger partial charge in [0.05, 0.1) is 19.3 Å². The molecule has 0 aliphatic carbocycles. The predicted molar refractivity (Wildman–Crippen MR) is 70.4 cm³/mol. The molecule has 5 heteroatoms. The minimum atomic E-state index is -0.110. The number of likely N-dealkylation sites (tertiary alicyclic amines) is 1. The Morgan fingerprint density at radius 1 is 1.33 bits per heavy atom. The van der Waals surface area contributed by atoms with Crippen LogP contribution in [0.25, 0.3) is 0 Å². The van der Waals surface area contributed by atoms with Gasteiger partial charge in [0.25, 0.3) is 0 Å². The van der Waals surface area contributed by atoms with Crippen LogP contribution in [0.4, 0.5) is 0 Å². The summed E-state index contributed by atoms with van der Waals surface area (Å²) in [6.07, 6.45) is 4.37. The van der Waals surface area contributed by atoms with E-state index in [0.29, 0.717) is 13.2 Å². The maximum Gasteiger partial charge on any atom is 0.239 e. The fraction of sp³-hybridized carbons (Fsp3) is 0.923. The van der Waals surface area contributed by atoms with Crippen molar-refractivity contribution in [1.29, 1.82) is 0 Å². The molecule has 0 bridgehead atoms. The van der Waals surface area contributed by atoms with Crippen molar-refractivity contribution in [2.75, 3.05) is 39.5 Å². The number of hydrogen-bond donors (Lipinski definition) is 2. The third-order valence-corrected chi connectivity index (χ3v) is 3.19. The number of amides is 1. The second-order valence-corrected chi connectivity index (χ2v) is 4.75. The topological polar surface area (TPSA) is 61.8 Å². The van der Waals surface area contributed by atoms with Crippen LogP contribution in [-0.4, -0.2) is 61.4 Å². The molecule has 1 aliphatic rings. The summed E-state index contributed by atoms with van der Waals surface area (Å²) in [7, 11) is 0. The number of hydrogen-bond acceptors (Lipinski definition) is 4. The third-order valence-electron chi connectivity index (χ3n) is 3.19.